The lowest BCUT2D eigenvalue weighted by Crippen LogP contribution is -2.23. The van der Waals surface area contributed by atoms with Gasteiger partial charge in [0.05, 0.1) is 4.92 Å². The third kappa shape index (κ3) is 1.58. The van der Waals surface area contributed by atoms with Crippen LogP contribution in [0.15, 0.2) is 12.1 Å². The van der Waals surface area contributed by atoms with Crippen molar-refractivity contribution in [1.82, 2.24) is 5.32 Å². The van der Waals surface area contributed by atoms with Gasteiger partial charge in [0.25, 0.3) is 5.69 Å². The van der Waals surface area contributed by atoms with Crippen molar-refractivity contribution in [1.29, 1.82) is 0 Å². The van der Waals surface area contributed by atoms with Gasteiger partial charge in [0.2, 0.25) is 0 Å². The first kappa shape index (κ1) is 9.43. The molecule has 1 aromatic carbocycles. The number of halogens is 1. The zero-order valence-electron chi connectivity index (χ0n) is 7.42. The van der Waals surface area contributed by atoms with Crippen LogP contribution < -0.4 is 5.32 Å². The Labute approximate surface area is 86.0 Å². The second kappa shape index (κ2) is 3.55. The minimum Gasteiger partial charge on any atom is -0.312 e. The van der Waals surface area contributed by atoms with Crippen LogP contribution in [0.4, 0.5) is 5.69 Å². The Balaban J connectivity index is 2.50. The largest absolute Gasteiger partial charge is 0.312 e. The molecule has 0 fully saturated rings. The van der Waals surface area contributed by atoms with Gasteiger partial charge in [-0.2, -0.15) is 0 Å². The van der Waals surface area contributed by atoms with E-state index in [2.05, 4.69) is 5.32 Å². The molecular weight excluding hydrogens is 204 g/mol. The molecule has 1 N–H and O–H groups in total. The molecule has 0 bridgehead atoms. The zero-order chi connectivity index (χ0) is 10.1. The number of hydrogen-bond donors (Lipinski definition) is 1. The Morgan fingerprint density at radius 1 is 1.43 bits per heavy atom. The third-order valence-corrected chi connectivity index (χ3v) is 2.66. The van der Waals surface area contributed by atoms with Gasteiger partial charge in [-0.05, 0) is 30.2 Å². The number of rotatable bonds is 1. The fourth-order valence-electron chi connectivity index (χ4n) is 1.63. The second-order valence-corrected chi connectivity index (χ2v) is 3.66. The van der Waals surface area contributed by atoms with Gasteiger partial charge in [-0.25, -0.2) is 0 Å². The topological polar surface area (TPSA) is 55.2 Å². The first-order valence-corrected chi connectivity index (χ1v) is 4.72. The third-order valence-electron chi connectivity index (χ3n) is 2.35. The molecule has 0 aromatic heterocycles. The summed E-state index contributed by atoms with van der Waals surface area (Å²) in [6, 6.07) is 3.26. The minimum atomic E-state index is -0.447. The zero-order valence-corrected chi connectivity index (χ0v) is 8.17. The van der Waals surface area contributed by atoms with E-state index in [1.807, 2.05) is 0 Å². The van der Waals surface area contributed by atoms with Crippen LogP contribution in [0.25, 0.3) is 0 Å². The number of hydrogen-bond acceptors (Lipinski definition) is 3. The van der Waals surface area contributed by atoms with Crippen molar-refractivity contribution >= 4 is 17.3 Å². The number of nitro groups is 1. The molecule has 2 rings (SSSR count). The van der Waals surface area contributed by atoms with E-state index < -0.39 is 4.92 Å². The van der Waals surface area contributed by atoms with Crippen molar-refractivity contribution in [3.8, 4) is 0 Å². The monoisotopic (exact) mass is 212 g/mol. The van der Waals surface area contributed by atoms with Crippen molar-refractivity contribution in [2.45, 2.75) is 13.0 Å². The Kier molecular flexibility index (Phi) is 2.39. The van der Waals surface area contributed by atoms with Crippen LogP contribution in [-0.4, -0.2) is 11.5 Å². The van der Waals surface area contributed by atoms with E-state index in [-0.39, 0.29) is 10.7 Å². The fourth-order valence-corrected chi connectivity index (χ4v) is 1.88. The molecule has 5 heteroatoms. The van der Waals surface area contributed by atoms with Crippen molar-refractivity contribution in [2.75, 3.05) is 6.54 Å². The van der Waals surface area contributed by atoms with E-state index in [9.17, 15) is 10.1 Å². The first-order chi connectivity index (χ1) is 6.68. The van der Waals surface area contributed by atoms with Crippen LogP contribution in [0, 0.1) is 10.1 Å². The standard InChI is InChI=1S/C9H9ClN2O2/c10-8-3-6-1-2-11-5-7(6)4-9(8)12(13)14/h3-4,11H,1-2,5H2. The summed E-state index contributed by atoms with van der Waals surface area (Å²) in [5.41, 5.74) is 2.08. The normalized spacial score (nSPS) is 14.9. The molecule has 0 atom stereocenters. The fraction of sp³-hybridized carbons (Fsp3) is 0.333. The first-order valence-electron chi connectivity index (χ1n) is 4.35. The molecule has 0 spiro atoms. The molecule has 0 saturated carbocycles. The van der Waals surface area contributed by atoms with E-state index in [0.29, 0.717) is 6.54 Å². The molecule has 0 unspecified atom stereocenters. The van der Waals surface area contributed by atoms with Gasteiger partial charge < -0.3 is 5.32 Å². The maximum atomic E-state index is 10.6. The highest BCUT2D eigenvalue weighted by Gasteiger charge is 2.18. The van der Waals surface area contributed by atoms with Gasteiger partial charge in [-0.1, -0.05) is 11.6 Å². The summed E-state index contributed by atoms with van der Waals surface area (Å²) in [7, 11) is 0. The van der Waals surface area contributed by atoms with Crippen LogP contribution in [-0.2, 0) is 13.0 Å². The summed E-state index contributed by atoms with van der Waals surface area (Å²) in [6.45, 7) is 1.59. The lowest BCUT2D eigenvalue weighted by molar-refractivity contribution is -0.384. The lowest BCUT2D eigenvalue weighted by Gasteiger charge is -2.16. The summed E-state index contributed by atoms with van der Waals surface area (Å²) in [5.74, 6) is 0. The van der Waals surface area contributed by atoms with Crippen LogP contribution in [0.3, 0.4) is 0 Å². The molecular formula is C9H9ClN2O2. The molecule has 74 valence electrons. The average Bonchev–Trinajstić information content (AvgIpc) is 2.16. The van der Waals surface area contributed by atoms with Crippen molar-refractivity contribution in [2.24, 2.45) is 0 Å². The molecule has 1 aliphatic heterocycles. The lowest BCUT2D eigenvalue weighted by atomic mass is 10.0. The highest BCUT2D eigenvalue weighted by atomic mass is 35.5. The van der Waals surface area contributed by atoms with Crippen molar-refractivity contribution in [3.05, 3.63) is 38.4 Å². The summed E-state index contributed by atoms with van der Waals surface area (Å²) in [6.07, 6.45) is 0.882. The maximum absolute atomic E-state index is 10.6. The van der Waals surface area contributed by atoms with Crippen molar-refractivity contribution < 1.29 is 4.92 Å². The van der Waals surface area contributed by atoms with Crippen molar-refractivity contribution in [3.63, 3.8) is 0 Å². The molecule has 0 aliphatic carbocycles. The highest BCUT2D eigenvalue weighted by Crippen LogP contribution is 2.29. The van der Waals surface area contributed by atoms with Gasteiger partial charge in [-0.3, -0.25) is 10.1 Å². The summed E-state index contributed by atoms with van der Waals surface area (Å²) < 4.78 is 0. The predicted octanol–water partition coefficient (Wildman–Crippen LogP) is 1.89. The molecule has 14 heavy (non-hydrogen) atoms. The minimum absolute atomic E-state index is 0.00545. The molecule has 1 aromatic rings. The van der Waals surface area contributed by atoms with Crippen LogP contribution >= 0.6 is 11.6 Å². The number of nitrogens with one attached hydrogen (secondary N) is 1. The predicted molar refractivity (Wildman–Crippen MR) is 53.5 cm³/mol. The Morgan fingerprint density at radius 3 is 2.93 bits per heavy atom. The van der Waals surface area contributed by atoms with Crippen LogP contribution in [0.5, 0.6) is 0 Å². The summed E-state index contributed by atoms with van der Waals surface area (Å²) in [5, 5.41) is 14.0. The number of nitrogens with zero attached hydrogens (tertiary/aromatic N) is 1. The number of benzene rings is 1. The van der Waals surface area contributed by atoms with Gasteiger partial charge in [0, 0.05) is 12.6 Å². The Morgan fingerprint density at radius 2 is 2.21 bits per heavy atom. The van der Waals surface area contributed by atoms with Crippen LogP contribution in [0.1, 0.15) is 11.1 Å². The molecule has 0 saturated heterocycles. The second-order valence-electron chi connectivity index (χ2n) is 3.26. The number of fused-ring (bicyclic) bond motifs is 1. The Hall–Kier alpha value is -1.13. The highest BCUT2D eigenvalue weighted by molar-refractivity contribution is 6.32. The van der Waals surface area contributed by atoms with E-state index in [1.165, 1.54) is 0 Å². The molecule has 0 amide bonds. The van der Waals surface area contributed by atoms with Gasteiger partial charge in [-0.15, -0.1) is 0 Å². The average molecular weight is 213 g/mol. The van der Waals surface area contributed by atoms with E-state index in [4.69, 9.17) is 11.6 Å². The summed E-state index contributed by atoms with van der Waals surface area (Å²) >= 11 is 5.79. The van der Waals surface area contributed by atoms with Gasteiger partial charge >= 0.3 is 0 Å². The van der Waals surface area contributed by atoms with E-state index >= 15 is 0 Å². The van der Waals surface area contributed by atoms with E-state index in [0.717, 1.165) is 24.1 Å². The van der Waals surface area contributed by atoms with Crippen LogP contribution in [0.2, 0.25) is 5.02 Å². The Bertz CT molecular complexity index is 393. The van der Waals surface area contributed by atoms with Gasteiger partial charge in [0.1, 0.15) is 5.02 Å². The quantitative estimate of drug-likeness (QED) is 0.571. The molecule has 1 aliphatic rings. The molecule has 0 radical (unpaired) electrons. The van der Waals surface area contributed by atoms with E-state index in [1.54, 1.807) is 12.1 Å². The smallest absolute Gasteiger partial charge is 0.288 e. The maximum Gasteiger partial charge on any atom is 0.288 e. The van der Waals surface area contributed by atoms with Gasteiger partial charge in [0.15, 0.2) is 0 Å². The molecule has 1 heterocycles. The SMILES string of the molecule is O=[N+]([O-])c1cc2c(cc1Cl)CCNC2. The number of nitro benzene ring substituents is 1. The summed E-state index contributed by atoms with van der Waals surface area (Å²) in [4.78, 5) is 10.2. The molecule has 4 nitrogen and oxygen atoms in total.